The van der Waals surface area contributed by atoms with Crippen molar-refractivity contribution in [3.8, 4) is 11.1 Å². The molecule has 1 N–H and O–H groups in total. The molecule has 0 radical (unpaired) electrons. The Hall–Kier alpha value is -2.97. The molecular weight excluding hydrogens is 452 g/mol. The van der Waals surface area contributed by atoms with Crippen molar-refractivity contribution in [3.05, 3.63) is 72.1 Å². The van der Waals surface area contributed by atoms with Crippen LogP contribution in [0.3, 0.4) is 0 Å². The van der Waals surface area contributed by atoms with Crippen molar-refractivity contribution in [2.45, 2.75) is 51.1 Å². The van der Waals surface area contributed by atoms with E-state index in [0.29, 0.717) is 10.8 Å². The molecule has 0 saturated carbocycles. The maximum absolute atomic E-state index is 6.35. The topological polar surface area (TPSA) is 70.4 Å². The highest BCUT2D eigenvalue weighted by Crippen LogP contribution is 2.45. The van der Waals surface area contributed by atoms with E-state index in [9.17, 15) is 0 Å². The van der Waals surface area contributed by atoms with E-state index in [4.69, 9.17) is 25.8 Å². The van der Waals surface area contributed by atoms with Crippen LogP contribution in [0.2, 0.25) is 5.02 Å². The molecule has 4 atom stereocenters. The van der Waals surface area contributed by atoms with Crippen molar-refractivity contribution < 1.29 is 14.2 Å². The van der Waals surface area contributed by atoms with E-state index in [2.05, 4.69) is 38.2 Å². The minimum atomic E-state index is -0.660. The Kier molecular flexibility index (Phi) is 5.11. The third-order valence-electron chi connectivity index (χ3n) is 6.34. The van der Waals surface area contributed by atoms with Crippen molar-refractivity contribution in [1.82, 2.24) is 14.5 Å². The summed E-state index contributed by atoms with van der Waals surface area (Å²) in [7, 11) is 0. The standard InChI is InChI=1S/C26H25ClN4O3/c1-15-21-22(34-26(2,3)33-21)25(32-15)31-13-19(16-7-5-4-6-8-16)20-23(28-14-29-24(20)31)30-18-11-9-17(27)10-12-18/h4-15,21-22,25H,1-3H3,(H,28,29,30)/t15-,21-,22-,25-/m1/s1. The van der Waals surface area contributed by atoms with Crippen LogP contribution >= 0.6 is 11.6 Å². The zero-order valence-corrected chi connectivity index (χ0v) is 19.9. The predicted molar refractivity (Wildman–Crippen MR) is 131 cm³/mol. The fraction of sp³-hybridized carbons (Fsp3) is 0.308. The summed E-state index contributed by atoms with van der Waals surface area (Å²) in [4.78, 5) is 9.27. The number of nitrogens with zero attached hydrogens (tertiary/aromatic N) is 3. The van der Waals surface area contributed by atoms with E-state index >= 15 is 0 Å². The minimum absolute atomic E-state index is 0.108. The summed E-state index contributed by atoms with van der Waals surface area (Å²) >= 11 is 6.07. The molecule has 0 amide bonds. The summed E-state index contributed by atoms with van der Waals surface area (Å²) in [5, 5.41) is 5.02. The van der Waals surface area contributed by atoms with Crippen LogP contribution in [0, 0.1) is 0 Å². The molecule has 2 fully saturated rings. The molecule has 2 aromatic heterocycles. The number of hydrogen-bond donors (Lipinski definition) is 1. The van der Waals surface area contributed by atoms with Gasteiger partial charge in [0.25, 0.3) is 0 Å². The van der Waals surface area contributed by atoms with E-state index in [1.54, 1.807) is 6.33 Å². The van der Waals surface area contributed by atoms with Crippen molar-refractivity contribution in [1.29, 1.82) is 0 Å². The van der Waals surface area contributed by atoms with Crippen molar-refractivity contribution in [3.63, 3.8) is 0 Å². The third-order valence-corrected chi connectivity index (χ3v) is 6.59. The molecular formula is C26H25ClN4O3. The maximum atomic E-state index is 6.35. The van der Waals surface area contributed by atoms with Gasteiger partial charge in [0.05, 0.1) is 11.5 Å². The van der Waals surface area contributed by atoms with Crippen molar-refractivity contribution in [2.75, 3.05) is 5.32 Å². The molecule has 7 nitrogen and oxygen atoms in total. The monoisotopic (exact) mass is 476 g/mol. The van der Waals surface area contributed by atoms with Crippen LogP contribution in [0.5, 0.6) is 0 Å². The smallest absolute Gasteiger partial charge is 0.164 e. The van der Waals surface area contributed by atoms with Crippen LogP contribution in [-0.2, 0) is 14.2 Å². The van der Waals surface area contributed by atoms with Gasteiger partial charge in [-0.1, -0.05) is 41.9 Å². The average molecular weight is 477 g/mol. The summed E-state index contributed by atoms with van der Waals surface area (Å²) in [6.45, 7) is 5.90. The molecule has 2 aliphatic rings. The summed E-state index contributed by atoms with van der Waals surface area (Å²) in [5.41, 5.74) is 3.71. The van der Waals surface area contributed by atoms with Crippen LogP contribution in [-0.4, -0.2) is 38.6 Å². The molecule has 34 heavy (non-hydrogen) atoms. The second-order valence-electron chi connectivity index (χ2n) is 9.17. The first-order valence-electron chi connectivity index (χ1n) is 11.3. The second-order valence-corrected chi connectivity index (χ2v) is 9.60. The third kappa shape index (κ3) is 3.65. The normalized spacial score (nSPS) is 25.5. The Bertz CT molecular complexity index is 1340. The van der Waals surface area contributed by atoms with Crippen molar-refractivity contribution in [2.24, 2.45) is 0 Å². The largest absolute Gasteiger partial charge is 0.349 e. The number of aromatic nitrogens is 3. The van der Waals surface area contributed by atoms with Gasteiger partial charge in [0.1, 0.15) is 30.0 Å². The molecule has 2 aromatic carbocycles. The molecule has 4 heterocycles. The lowest BCUT2D eigenvalue weighted by Crippen LogP contribution is -2.27. The van der Waals surface area contributed by atoms with Gasteiger partial charge < -0.3 is 24.1 Å². The summed E-state index contributed by atoms with van der Waals surface area (Å²) in [5.74, 6) is 0.0454. The molecule has 4 aromatic rings. The Morgan fingerprint density at radius 1 is 0.971 bits per heavy atom. The Morgan fingerprint density at radius 2 is 1.71 bits per heavy atom. The zero-order valence-electron chi connectivity index (χ0n) is 19.1. The lowest BCUT2D eigenvalue weighted by atomic mass is 10.1. The van der Waals surface area contributed by atoms with Crippen LogP contribution in [0.4, 0.5) is 11.5 Å². The van der Waals surface area contributed by atoms with E-state index in [0.717, 1.165) is 27.8 Å². The number of fused-ring (bicyclic) bond motifs is 2. The molecule has 0 bridgehead atoms. The van der Waals surface area contributed by atoms with E-state index in [1.165, 1.54) is 0 Å². The highest BCUT2D eigenvalue weighted by atomic mass is 35.5. The van der Waals surface area contributed by atoms with Gasteiger partial charge in [0.2, 0.25) is 0 Å². The van der Waals surface area contributed by atoms with Gasteiger partial charge in [0, 0.05) is 22.5 Å². The van der Waals surface area contributed by atoms with Gasteiger partial charge in [-0.3, -0.25) is 0 Å². The number of ether oxygens (including phenoxy) is 3. The molecule has 0 spiro atoms. The fourth-order valence-electron chi connectivity index (χ4n) is 4.88. The van der Waals surface area contributed by atoms with Gasteiger partial charge in [0.15, 0.2) is 12.0 Å². The number of rotatable bonds is 4. The Morgan fingerprint density at radius 3 is 2.47 bits per heavy atom. The molecule has 2 aliphatic heterocycles. The zero-order chi connectivity index (χ0) is 23.4. The van der Waals surface area contributed by atoms with Gasteiger partial charge in [-0.05, 0) is 50.6 Å². The van der Waals surface area contributed by atoms with Gasteiger partial charge in [-0.15, -0.1) is 0 Å². The number of anilines is 2. The lowest BCUT2D eigenvalue weighted by Gasteiger charge is -2.24. The number of hydrogen-bond acceptors (Lipinski definition) is 6. The summed E-state index contributed by atoms with van der Waals surface area (Å²) < 4.78 is 20.8. The molecule has 8 heteroatoms. The van der Waals surface area contributed by atoms with Crippen LogP contribution in [0.1, 0.15) is 27.0 Å². The van der Waals surface area contributed by atoms with Crippen molar-refractivity contribution >= 4 is 34.1 Å². The minimum Gasteiger partial charge on any atom is -0.349 e. The quantitative estimate of drug-likeness (QED) is 0.393. The van der Waals surface area contributed by atoms with Crippen LogP contribution in [0.25, 0.3) is 22.2 Å². The lowest BCUT2D eigenvalue weighted by molar-refractivity contribution is -0.194. The first-order chi connectivity index (χ1) is 16.4. The molecule has 0 aliphatic carbocycles. The summed E-state index contributed by atoms with van der Waals surface area (Å²) in [6, 6.07) is 17.8. The highest BCUT2D eigenvalue weighted by molar-refractivity contribution is 6.30. The fourth-order valence-corrected chi connectivity index (χ4v) is 5.01. The molecule has 174 valence electrons. The van der Waals surface area contributed by atoms with Gasteiger partial charge in [-0.2, -0.15) is 0 Å². The molecule has 6 rings (SSSR count). The maximum Gasteiger partial charge on any atom is 0.164 e. The predicted octanol–water partition coefficient (Wildman–Crippen LogP) is 5.93. The Labute approximate surface area is 202 Å². The number of halogens is 1. The van der Waals surface area contributed by atoms with Gasteiger partial charge >= 0.3 is 0 Å². The SMILES string of the molecule is C[C@H]1O[C@@H](n2cc(-c3ccccc3)c3c(Nc4ccc(Cl)cc4)ncnc32)[C@@H]2OC(C)(C)O[C@@H]21. The first-order valence-corrected chi connectivity index (χ1v) is 11.7. The van der Waals surface area contributed by atoms with Crippen LogP contribution < -0.4 is 5.32 Å². The van der Waals surface area contributed by atoms with E-state index < -0.39 is 5.79 Å². The van der Waals surface area contributed by atoms with Crippen LogP contribution in [0.15, 0.2) is 67.1 Å². The van der Waals surface area contributed by atoms with Gasteiger partial charge in [-0.25, -0.2) is 9.97 Å². The number of nitrogens with one attached hydrogen (secondary N) is 1. The molecule has 0 unspecified atom stereocenters. The van der Waals surface area contributed by atoms with E-state index in [1.807, 2.05) is 63.2 Å². The number of benzene rings is 2. The molecule has 2 saturated heterocycles. The highest BCUT2D eigenvalue weighted by Gasteiger charge is 2.54. The average Bonchev–Trinajstić information content (AvgIpc) is 3.46. The Balaban J connectivity index is 1.51. The van der Waals surface area contributed by atoms with E-state index in [-0.39, 0.29) is 24.5 Å². The summed E-state index contributed by atoms with van der Waals surface area (Å²) in [6.07, 6.45) is 2.77. The second kappa shape index (κ2) is 8.06. The first kappa shape index (κ1) is 21.6.